The number of rotatable bonds is 5. The Morgan fingerprint density at radius 3 is 2.50 bits per heavy atom. The van der Waals surface area contributed by atoms with Crippen LogP contribution in [0.4, 0.5) is 5.69 Å². The van der Waals surface area contributed by atoms with Crippen molar-refractivity contribution in [1.82, 2.24) is 5.32 Å². The summed E-state index contributed by atoms with van der Waals surface area (Å²) >= 11 is 0. The molecule has 2 heteroatoms. The van der Waals surface area contributed by atoms with Crippen LogP contribution in [0.15, 0.2) is 24.3 Å². The number of benzene rings is 1. The molecular weight excluding hydrogens is 220 g/mol. The Kier molecular flexibility index (Phi) is 4.28. The van der Waals surface area contributed by atoms with Crippen LogP contribution < -0.4 is 10.2 Å². The maximum atomic E-state index is 3.44. The van der Waals surface area contributed by atoms with E-state index in [0.717, 1.165) is 13.1 Å². The molecule has 1 aromatic carbocycles. The summed E-state index contributed by atoms with van der Waals surface area (Å²) in [5.41, 5.74) is 3.23. The van der Waals surface area contributed by atoms with Crippen molar-refractivity contribution in [2.24, 2.45) is 5.41 Å². The summed E-state index contributed by atoms with van der Waals surface area (Å²) in [6.07, 6.45) is 2.49. The molecule has 0 saturated carbocycles. The summed E-state index contributed by atoms with van der Waals surface area (Å²) in [6.45, 7) is 11.4. The number of hydrogen-bond donors (Lipinski definition) is 1. The lowest BCUT2D eigenvalue weighted by atomic mass is 9.93. The van der Waals surface area contributed by atoms with Crippen molar-refractivity contribution in [3.63, 3.8) is 0 Å². The van der Waals surface area contributed by atoms with Gasteiger partial charge in [0.15, 0.2) is 0 Å². The molecule has 18 heavy (non-hydrogen) atoms. The topological polar surface area (TPSA) is 15.3 Å². The number of nitrogens with one attached hydrogen (secondary N) is 1. The second-order valence-corrected chi connectivity index (χ2v) is 6.18. The Labute approximate surface area is 111 Å². The number of nitrogens with zero attached hydrogens (tertiary/aromatic N) is 1. The SMILES string of the molecule is CCCNCc1ccc(N2CCC(C)(C)C2)cc1. The van der Waals surface area contributed by atoms with Gasteiger partial charge in [-0.1, -0.05) is 32.9 Å². The van der Waals surface area contributed by atoms with Gasteiger partial charge >= 0.3 is 0 Å². The van der Waals surface area contributed by atoms with E-state index in [1.165, 1.54) is 37.2 Å². The van der Waals surface area contributed by atoms with Gasteiger partial charge < -0.3 is 10.2 Å². The average Bonchev–Trinajstić information content (AvgIpc) is 2.71. The fourth-order valence-electron chi connectivity index (χ4n) is 2.57. The molecular formula is C16H26N2. The normalized spacial score (nSPS) is 18.3. The molecule has 1 aromatic rings. The van der Waals surface area contributed by atoms with Gasteiger partial charge in [0.05, 0.1) is 0 Å². The van der Waals surface area contributed by atoms with E-state index in [2.05, 4.69) is 55.3 Å². The molecule has 0 unspecified atom stereocenters. The molecule has 100 valence electrons. The molecule has 1 aliphatic heterocycles. The van der Waals surface area contributed by atoms with Crippen LogP contribution in [0.2, 0.25) is 0 Å². The highest BCUT2D eigenvalue weighted by molar-refractivity contribution is 5.48. The average molecular weight is 246 g/mol. The fourth-order valence-corrected chi connectivity index (χ4v) is 2.57. The van der Waals surface area contributed by atoms with Crippen LogP contribution in [0.25, 0.3) is 0 Å². The summed E-state index contributed by atoms with van der Waals surface area (Å²) in [7, 11) is 0. The van der Waals surface area contributed by atoms with E-state index in [-0.39, 0.29) is 0 Å². The molecule has 1 heterocycles. The molecule has 0 aliphatic carbocycles. The van der Waals surface area contributed by atoms with Crippen molar-refractivity contribution in [1.29, 1.82) is 0 Å². The Bertz CT molecular complexity index is 367. The molecule has 0 radical (unpaired) electrons. The van der Waals surface area contributed by atoms with Gasteiger partial charge in [0.1, 0.15) is 0 Å². The largest absolute Gasteiger partial charge is 0.371 e. The molecule has 2 rings (SSSR count). The lowest BCUT2D eigenvalue weighted by Gasteiger charge is -2.21. The van der Waals surface area contributed by atoms with Gasteiger partial charge in [-0.05, 0) is 42.5 Å². The van der Waals surface area contributed by atoms with Crippen LogP contribution in [0.5, 0.6) is 0 Å². The summed E-state index contributed by atoms with van der Waals surface area (Å²) in [6, 6.07) is 9.04. The van der Waals surface area contributed by atoms with Gasteiger partial charge in [-0.2, -0.15) is 0 Å². The maximum absolute atomic E-state index is 3.44. The van der Waals surface area contributed by atoms with Crippen molar-refractivity contribution in [3.05, 3.63) is 29.8 Å². The van der Waals surface area contributed by atoms with E-state index >= 15 is 0 Å². The van der Waals surface area contributed by atoms with E-state index in [1.807, 2.05) is 0 Å². The first-order valence-corrected chi connectivity index (χ1v) is 7.15. The molecule has 1 N–H and O–H groups in total. The van der Waals surface area contributed by atoms with E-state index in [0.29, 0.717) is 5.41 Å². The first kappa shape index (κ1) is 13.4. The lowest BCUT2D eigenvalue weighted by molar-refractivity contribution is 0.418. The van der Waals surface area contributed by atoms with Crippen molar-refractivity contribution in [2.45, 2.75) is 40.2 Å². The minimum Gasteiger partial charge on any atom is -0.371 e. The zero-order chi connectivity index (χ0) is 13.0. The molecule has 0 bridgehead atoms. The summed E-state index contributed by atoms with van der Waals surface area (Å²) in [5, 5.41) is 3.44. The highest BCUT2D eigenvalue weighted by Crippen LogP contribution is 2.32. The Balaban J connectivity index is 1.92. The van der Waals surface area contributed by atoms with Crippen molar-refractivity contribution >= 4 is 5.69 Å². The van der Waals surface area contributed by atoms with Gasteiger partial charge in [0.2, 0.25) is 0 Å². The van der Waals surface area contributed by atoms with E-state index in [4.69, 9.17) is 0 Å². The van der Waals surface area contributed by atoms with Crippen LogP contribution in [0.1, 0.15) is 39.2 Å². The van der Waals surface area contributed by atoms with E-state index < -0.39 is 0 Å². The molecule has 1 aliphatic rings. The highest BCUT2D eigenvalue weighted by atomic mass is 15.2. The molecule has 0 amide bonds. The van der Waals surface area contributed by atoms with Crippen molar-refractivity contribution < 1.29 is 0 Å². The third kappa shape index (κ3) is 3.49. The Hall–Kier alpha value is -1.02. The van der Waals surface area contributed by atoms with Crippen LogP contribution >= 0.6 is 0 Å². The fraction of sp³-hybridized carbons (Fsp3) is 0.625. The molecule has 0 spiro atoms. The summed E-state index contributed by atoms with van der Waals surface area (Å²) < 4.78 is 0. The quantitative estimate of drug-likeness (QED) is 0.801. The van der Waals surface area contributed by atoms with E-state index in [1.54, 1.807) is 0 Å². The zero-order valence-corrected chi connectivity index (χ0v) is 12.0. The summed E-state index contributed by atoms with van der Waals surface area (Å²) in [5.74, 6) is 0. The van der Waals surface area contributed by atoms with Crippen LogP contribution in [-0.2, 0) is 6.54 Å². The minimum atomic E-state index is 0.474. The number of anilines is 1. The maximum Gasteiger partial charge on any atom is 0.0366 e. The lowest BCUT2D eigenvalue weighted by Crippen LogP contribution is -2.22. The van der Waals surface area contributed by atoms with Crippen LogP contribution in [0.3, 0.4) is 0 Å². The molecule has 2 nitrogen and oxygen atoms in total. The van der Waals surface area contributed by atoms with Crippen LogP contribution in [0, 0.1) is 5.41 Å². The van der Waals surface area contributed by atoms with Crippen LogP contribution in [-0.4, -0.2) is 19.6 Å². The summed E-state index contributed by atoms with van der Waals surface area (Å²) in [4.78, 5) is 2.50. The van der Waals surface area contributed by atoms with Gasteiger partial charge in [-0.15, -0.1) is 0 Å². The predicted octanol–water partition coefficient (Wildman–Crippen LogP) is 3.42. The second kappa shape index (κ2) is 5.75. The molecule has 1 saturated heterocycles. The van der Waals surface area contributed by atoms with Gasteiger partial charge in [0, 0.05) is 25.3 Å². The van der Waals surface area contributed by atoms with Gasteiger partial charge in [-0.3, -0.25) is 0 Å². The van der Waals surface area contributed by atoms with Crippen molar-refractivity contribution in [2.75, 3.05) is 24.5 Å². The monoisotopic (exact) mass is 246 g/mol. The first-order chi connectivity index (χ1) is 8.61. The standard InChI is InChI=1S/C16H26N2/c1-4-10-17-12-14-5-7-15(8-6-14)18-11-9-16(2,3)13-18/h5-8,17H,4,9-13H2,1-3H3. The highest BCUT2D eigenvalue weighted by Gasteiger charge is 2.28. The Morgan fingerprint density at radius 2 is 1.94 bits per heavy atom. The van der Waals surface area contributed by atoms with Gasteiger partial charge in [0.25, 0.3) is 0 Å². The first-order valence-electron chi connectivity index (χ1n) is 7.15. The van der Waals surface area contributed by atoms with Gasteiger partial charge in [-0.25, -0.2) is 0 Å². The molecule has 0 aromatic heterocycles. The molecule has 0 atom stereocenters. The third-order valence-corrected chi connectivity index (χ3v) is 3.73. The van der Waals surface area contributed by atoms with Crippen molar-refractivity contribution in [3.8, 4) is 0 Å². The third-order valence-electron chi connectivity index (χ3n) is 3.73. The number of hydrogen-bond acceptors (Lipinski definition) is 2. The zero-order valence-electron chi connectivity index (χ0n) is 12.0. The molecule has 1 fully saturated rings. The van der Waals surface area contributed by atoms with E-state index in [9.17, 15) is 0 Å². The predicted molar refractivity (Wildman–Crippen MR) is 79.1 cm³/mol. The second-order valence-electron chi connectivity index (χ2n) is 6.18. The Morgan fingerprint density at radius 1 is 1.22 bits per heavy atom. The smallest absolute Gasteiger partial charge is 0.0366 e. The minimum absolute atomic E-state index is 0.474.